The van der Waals surface area contributed by atoms with Crippen molar-refractivity contribution >= 4 is 37.4 Å². The van der Waals surface area contributed by atoms with E-state index < -0.39 is 0 Å². The van der Waals surface area contributed by atoms with E-state index in [4.69, 9.17) is 0 Å². The van der Waals surface area contributed by atoms with Crippen molar-refractivity contribution < 1.29 is 8.78 Å². The summed E-state index contributed by atoms with van der Waals surface area (Å²) in [7, 11) is 0. The molecule has 3 aromatic rings. The van der Waals surface area contributed by atoms with Crippen LogP contribution in [0.5, 0.6) is 0 Å². The molecule has 0 radical (unpaired) electrons. The molecular formula is C16H11BrF2S. The van der Waals surface area contributed by atoms with Crippen LogP contribution in [0, 0.1) is 11.6 Å². The average molecular weight is 353 g/mol. The quantitative estimate of drug-likeness (QED) is 0.518. The van der Waals surface area contributed by atoms with Gasteiger partial charge in [0.15, 0.2) is 0 Å². The first kappa shape index (κ1) is 13.7. The van der Waals surface area contributed by atoms with Gasteiger partial charge in [-0.25, -0.2) is 8.78 Å². The molecule has 0 bridgehead atoms. The van der Waals surface area contributed by atoms with Gasteiger partial charge in [0.2, 0.25) is 0 Å². The smallest absolute Gasteiger partial charge is 0.126 e. The summed E-state index contributed by atoms with van der Waals surface area (Å²) < 4.78 is 27.8. The normalized spacial score (nSPS) is 12.8. The lowest BCUT2D eigenvalue weighted by Gasteiger charge is -2.08. The van der Waals surface area contributed by atoms with Crippen molar-refractivity contribution in [3.05, 3.63) is 70.6 Å². The molecule has 4 heteroatoms. The van der Waals surface area contributed by atoms with Crippen LogP contribution in [-0.2, 0) is 6.42 Å². The van der Waals surface area contributed by atoms with Crippen LogP contribution in [0.25, 0.3) is 10.1 Å². The van der Waals surface area contributed by atoms with E-state index in [-0.39, 0.29) is 16.5 Å². The van der Waals surface area contributed by atoms with E-state index >= 15 is 0 Å². The highest BCUT2D eigenvalue weighted by molar-refractivity contribution is 9.09. The van der Waals surface area contributed by atoms with Gasteiger partial charge in [-0.2, -0.15) is 0 Å². The highest BCUT2D eigenvalue weighted by atomic mass is 79.9. The van der Waals surface area contributed by atoms with E-state index in [1.165, 1.54) is 29.5 Å². The van der Waals surface area contributed by atoms with Crippen molar-refractivity contribution in [3.8, 4) is 0 Å². The molecule has 1 heterocycles. The number of thiophene rings is 1. The topological polar surface area (TPSA) is 0 Å². The second kappa shape index (κ2) is 5.62. The Labute approximate surface area is 128 Å². The Kier molecular flexibility index (Phi) is 3.85. The number of halogens is 3. The lowest BCUT2D eigenvalue weighted by molar-refractivity contribution is 0.608. The van der Waals surface area contributed by atoms with Crippen LogP contribution in [0.3, 0.4) is 0 Å². The van der Waals surface area contributed by atoms with Gasteiger partial charge in [-0.05, 0) is 41.6 Å². The minimum absolute atomic E-state index is 0.0276. The van der Waals surface area contributed by atoms with Gasteiger partial charge in [-0.1, -0.05) is 40.2 Å². The first-order valence-electron chi connectivity index (χ1n) is 6.20. The Balaban J connectivity index is 1.89. The average Bonchev–Trinajstić information content (AvgIpc) is 2.84. The highest BCUT2D eigenvalue weighted by Crippen LogP contribution is 2.36. The Morgan fingerprint density at radius 1 is 1.05 bits per heavy atom. The largest absolute Gasteiger partial charge is 0.207 e. The molecule has 2 aromatic carbocycles. The molecule has 0 amide bonds. The molecule has 0 aliphatic carbocycles. The van der Waals surface area contributed by atoms with Crippen LogP contribution < -0.4 is 0 Å². The molecule has 0 fully saturated rings. The van der Waals surface area contributed by atoms with Crippen molar-refractivity contribution in [3.63, 3.8) is 0 Å². The number of rotatable bonds is 3. The monoisotopic (exact) mass is 352 g/mol. The van der Waals surface area contributed by atoms with Crippen LogP contribution in [0.1, 0.15) is 15.3 Å². The summed E-state index contributed by atoms with van der Waals surface area (Å²) in [6.07, 6.45) is 0.571. The first-order valence-corrected chi connectivity index (χ1v) is 7.93. The molecule has 20 heavy (non-hydrogen) atoms. The molecule has 0 saturated carbocycles. The van der Waals surface area contributed by atoms with E-state index in [1.54, 1.807) is 18.2 Å². The van der Waals surface area contributed by atoms with Crippen LogP contribution in [0.4, 0.5) is 8.78 Å². The predicted molar refractivity (Wildman–Crippen MR) is 83.6 cm³/mol. The maximum absolute atomic E-state index is 13.7. The van der Waals surface area contributed by atoms with E-state index in [2.05, 4.69) is 15.9 Å². The van der Waals surface area contributed by atoms with Crippen LogP contribution in [0.15, 0.2) is 48.5 Å². The maximum Gasteiger partial charge on any atom is 0.126 e. The van der Waals surface area contributed by atoms with Gasteiger partial charge in [0, 0.05) is 9.58 Å². The van der Waals surface area contributed by atoms with Crippen molar-refractivity contribution in [1.29, 1.82) is 0 Å². The van der Waals surface area contributed by atoms with Crippen molar-refractivity contribution in [2.45, 2.75) is 11.2 Å². The van der Waals surface area contributed by atoms with E-state index in [9.17, 15) is 8.78 Å². The van der Waals surface area contributed by atoms with E-state index in [0.29, 0.717) is 12.0 Å². The van der Waals surface area contributed by atoms with Crippen LogP contribution in [0.2, 0.25) is 0 Å². The van der Waals surface area contributed by atoms with Gasteiger partial charge in [0.1, 0.15) is 11.6 Å². The predicted octanol–water partition coefficient (Wildman–Crippen LogP) is 5.86. The number of fused-ring (bicyclic) bond motifs is 1. The fourth-order valence-corrected chi connectivity index (χ4v) is 3.97. The molecule has 1 aromatic heterocycles. The van der Waals surface area contributed by atoms with Gasteiger partial charge in [-0.3, -0.25) is 0 Å². The SMILES string of the molecule is Fc1ccc2cc(C(Br)Cc3ccccc3F)sc2c1. The molecule has 0 N–H and O–H groups in total. The zero-order valence-electron chi connectivity index (χ0n) is 10.4. The summed E-state index contributed by atoms with van der Waals surface area (Å²) in [5.74, 6) is -0.421. The lowest BCUT2D eigenvalue weighted by atomic mass is 10.1. The Bertz CT molecular complexity index is 751. The van der Waals surface area contributed by atoms with Gasteiger partial charge < -0.3 is 0 Å². The Hall–Kier alpha value is -1.26. The van der Waals surface area contributed by atoms with Crippen molar-refractivity contribution in [2.75, 3.05) is 0 Å². The zero-order chi connectivity index (χ0) is 14.1. The van der Waals surface area contributed by atoms with Gasteiger partial charge in [-0.15, -0.1) is 11.3 Å². The molecule has 0 nitrogen and oxygen atoms in total. The molecule has 0 aliphatic rings. The summed E-state index contributed by atoms with van der Waals surface area (Å²) in [5, 5.41) is 1.02. The minimum atomic E-state index is -0.230. The Morgan fingerprint density at radius 2 is 1.85 bits per heavy atom. The summed E-state index contributed by atoms with van der Waals surface area (Å²) in [4.78, 5) is 1.11. The Morgan fingerprint density at radius 3 is 2.65 bits per heavy atom. The van der Waals surface area contributed by atoms with Crippen LogP contribution >= 0.6 is 27.3 Å². The fraction of sp³-hybridized carbons (Fsp3) is 0.125. The summed E-state index contributed by atoms with van der Waals surface area (Å²) in [6.45, 7) is 0. The summed E-state index contributed by atoms with van der Waals surface area (Å²) in [6, 6.07) is 13.6. The summed E-state index contributed by atoms with van der Waals surface area (Å²) in [5.41, 5.74) is 0.679. The van der Waals surface area contributed by atoms with Crippen molar-refractivity contribution in [1.82, 2.24) is 0 Å². The summed E-state index contributed by atoms with van der Waals surface area (Å²) >= 11 is 5.14. The first-order chi connectivity index (χ1) is 9.63. The number of benzene rings is 2. The minimum Gasteiger partial charge on any atom is -0.207 e. The number of hydrogen-bond acceptors (Lipinski definition) is 1. The van der Waals surface area contributed by atoms with Crippen molar-refractivity contribution in [2.24, 2.45) is 0 Å². The molecule has 3 rings (SSSR count). The van der Waals surface area contributed by atoms with Gasteiger partial charge in [0.25, 0.3) is 0 Å². The molecule has 1 unspecified atom stereocenters. The van der Waals surface area contributed by atoms with Crippen LogP contribution in [-0.4, -0.2) is 0 Å². The fourth-order valence-electron chi connectivity index (χ4n) is 2.14. The van der Waals surface area contributed by atoms with E-state index in [0.717, 1.165) is 15.0 Å². The third kappa shape index (κ3) is 2.76. The zero-order valence-corrected chi connectivity index (χ0v) is 12.8. The second-order valence-corrected chi connectivity index (χ2v) is 6.81. The van der Waals surface area contributed by atoms with E-state index in [1.807, 2.05) is 12.1 Å². The molecule has 0 aliphatic heterocycles. The third-order valence-electron chi connectivity index (χ3n) is 3.17. The number of hydrogen-bond donors (Lipinski definition) is 0. The molecule has 102 valence electrons. The number of alkyl halides is 1. The third-order valence-corrected chi connectivity index (χ3v) is 5.50. The molecule has 0 saturated heterocycles. The molecule has 0 spiro atoms. The van der Waals surface area contributed by atoms with Gasteiger partial charge in [0.05, 0.1) is 4.83 Å². The standard InChI is InChI=1S/C16H11BrF2S/c17-13(7-10-3-1-2-4-14(10)19)16-8-11-5-6-12(18)9-15(11)20-16/h1-6,8-9,13H,7H2. The lowest BCUT2D eigenvalue weighted by Crippen LogP contribution is -1.95. The van der Waals surface area contributed by atoms with Gasteiger partial charge >= 0.3 is 0 Å². The highest BCUT2D eigenvalue weighted by Gasteiger charge is 2.14. The molecular weight excluding hydrogens is 342 g/mol. The maximum atomic E-state index is 13.7. The molecule has 1 atom stereocenters. The second-order valence-electron chi connectivity index (χ2n) is 4.59.